The highest BCUT2D eigenvalue weighted by Crippen LogP contribution is 2.46. The molecule has 2 aromatic carbocycles. The van der Waals surface area contributed by atoms with Gasteiger partial charge in [0.05, 0.1) is 7.11 Å². The molecule has 0 aromatic heterocycles. The maximum atomic E-state index is 12.5. The molecule has 3 rings (SSSR count). The first-order valence-electron chi connectivity index (χ1n) is 13.8. The minimum atomic E-state index is -0.152. The molecule has 0 unspecified atom stereocenters. The third-order valence-corrected chi connectivity index (χ3v) is 7.77. The van der Waals surface area contributed by atoms with E-state index < -0.39 is 0 Å². The number of rotatable bonds is 13. The van der Waals surface area contributed by atoms with Crippen molar-refractivity contribution >= 4 is 11.8 Å². The van der Waals surface area contributed by atoms with Crippen molar-refractivity contribution in [3.05, 3.63) is 58.7 Å². The highest BCUT2D eigenvalue weighted by molar-refractivity contribution is 5.75. The monoisotopic (exact) mass is 492 g/mol. The van der Waals surface area contributed by atoms with Crippen LogP contribution >= 0.6 is 0 Å². The van der Waals surface area contributed by atoms with Gasteiger partial charge in [0.15, 0.2) is 0 Å². The molecule has 0 aliphatic heterocycles. The van der Waals surface area contributed by atoms with E-state index in [-0.39, 0.29) is 17.2 Å². The highest BCUT2D eigenvalue weighted by Gasteiger charge is 2.36. The zero-order valence-electron chi connectivity index (χ0n) is 22.8. The number of aryl methyl sites for hydroxylation is 2. The fourth-order valence-corrected chi connectivity index (χ4v) is 5.66. The molecule has 1 saturated carbocycles. The minimum Gasteiger partial charge on any atom is -0.496 e. The first-order valence-corrected chi connectivity index (χ1v) is 13.8. The average Bonchev–Trinajstić information content (AvgIpc) is 2.87. The minimum absolute atomic E-state index is 0.00695. The third-order valence-electron chi connectivity index (χ3n) is 7.77. The number of ketones is 1. The van der Waals surface area contributed by atoms with Crippen molar-refractivity contribution < 1.29 is 19.1 Å². The van der Waals surface area contributed by atoms with Gasteiger partial charge in [-0.25, -0.2) is 0 Å². The lowest BCUT2D eigenvalue weighted by molar-refractivity contribution is -0.134. The van der Waals surface area contributed by atoms with Crippen LogP contribution in [-0.2, 0) is 15.0 Å². The van der Waals surface area contributed by atoms with Crippen LogP contribution in [0.5, 0.6) is 11.5 Å². The summed E-state index contributed by atoms with van der Waals surface area (Å²) in [7, 11) is 1.72. The number of carbonyl (C=O) groups is 2. The maximum Gasteiger partial charge on any atom is 0.311 e. The smallest absolute Gasteiger partial charge is 0.311 e. The molecule has 4 heteroatoms. The van der Waals surface area contributed by atoms with E-state index in [2.05, 4.69) is 37.3 Å². The fraction of sp³-hybridized carbons (Fsp3) is 0.562. The number of unbranched alkanes of at least 4 members (excludes halogenated alkanes) is 5. The normalized spacial score (nSPS) is 14.9. The van der Waals surface area contributed by atoms with Crippen LogP contribution in [0.25, 0.3) is 0 Å². The van der Waals surface area contributed by atoms with Gasteiger partial charge in [-0.2, -0.15) is 0 Å². The van der Waals surface area contributed by atoms with Crippen LogP contribution in [0, 0.1) is 13.8 Å². The first-order chi connectivity index (χ1) is 17.4. The standard InChI is InChI=1S/C32H44O4/c1-24-22-27(16-18-29(24)35-4)32(20-12-9-13-21-32)28-17-19-30(25(2)23-28)36-31(34)15-11-8-6-5-7-10-14-26(3)33/h16-19,22-23H,5-15,20-21H2,1-4H3. The summed E-state index contributed by atoms with van der Waals surface area (Å²) in [6.45, 7) is 5.81. The predicted octanol–water partition coefficient (Wildman–Crippen LogP) is 8.18. The van der Waals surface area contributed by atoms with Gasteiger partial charge in [-0.3, -0.25) is 4.79 Å². The van der Waals surface area contributed by atoms with Gasteiger partial charge in [0.25, 0.3) is 0 Å². The van der Waals surface area contributed by atoms with Gasteiger partial charge >= 0.3 is 5.97 Å². The van der Waals surface area contributed by atoms with E-state index in [1.807, 2.05) is 13.0 Å². The average molecular weight is 493 g/mol. The highest BCUT2D eigenvalue weighted by atomic mass is 16.5. The second kappa shape index (κ2) is 13.6. The summed E-state index contributed by atoms with van der Waals surface area (Å²) in [5.74, 6) is 1.72. The van der Waals surface area contributed by atoms with E-state index in [1.165, 1.54) is 36.0 Å². The second-order valence-corrected chi connectivity index (χ2v) is 10.6. The lowest BCUT2D eigenvalue weighted by Gasteiger charge is -2.39. The van der Waals surface area contributed by atoms with Crippen molar-refractivity contribution in [2.75, 3.05) is 7.11 Å². The Kier molecular flexibility index (Phi) is 10.6. The predicted molar refractivity (Wildman–Crippen MR) is 146 cm³/mol. The number of methoxy groups -OCH3 is 1. The van der Waals surface area contributed by atoms with Crippen LogP contribution in [0.15, 0.2) is 36.4 Å². The third kappa shape index (κ3) is 7.44. The number of ether oxygens (including phenoxy) is 2. The van der Waals surface area contributed by atoms with Crippen LogP contribution in [0.2, 0.25) is 0 Å². The Labute approximate surface area is 217 Å². The molecule has 0 amide bonds. The molecule has 0 heterocycles. The van der Waals surface area contributed by atoms with Gasteiger partial charge in [-0.15, -0.1) is 0 Å². The van der Waals surface area contributed by atoms with Crippen LogP contribution in [0.1, 0.15) is 113 Å². The number of benzene rings is 2. The zero-order valence-corrected chi connectivity index (χ0v) is 22.8. The summed E-state index contributed by atoms with van der Waals surface area (Å²) in [4.78, 5) is 23.5. The molecule has 0 saturated heterocycles. The Balaban J connectivity index is 1.60. The lowest BCUT2D eigenvalue weighted by atomic mass is 9.65. The molecule has 1 aliphatic carbocycles. The number of carbonyl (C=O) groups excluding carboxylic acids is 2. The van der Waals surface area contributed by atoms with Crippen LogP contribution < -0.4 is 9.47 Å². The summed E-state index contributed by atoms with van der Waals surface area (Å²) in [6, 6.07) is 13.0. The molecule has 0 radical (unpaired) electrons. The number of hydrogen-bond donors (Lipinski definition) is 0. The molecule has 196 valence electrons. The molecule has 2 aromatic rings. The topological polar surface area (TPSA) is 52.6 Å². The number of Topliss-reactive ketones (excluding diaryl/α,β-unsaturated/α-hetero) is 1. The number of esters is 1. The van der Waals surface area contributed by atoms with Gasteiger partial charge in [0.2, 0.25) is 0 Å². The SMILES string of the molecule is COc1ccc(C2(c3ccc(OC(=O)CCCCCCCCC(C)=O)c(C)c3)CCCCC2)cc1C. The lowest BCUT2D eigenvalue weighted by Crippen LogP contribution is -2.30. The van der Waals surface area contributed by atoms with E-state index in [1.54, 1.807) is 14.0 Å². The van der Waals surface area contributed by atoms with Gasteiger partial charge in [-0.1, -0.05) is 69.2 Å². The Morgan fingerprint density at radius 2 is 1.28 bits per heavy atom. The second-order valence-electron chi connectivity index (χ2n) is 10.6. The molecule has 0 atom stereocenters. The van der Waals surface area contributed by atoms with Gasteiger partial charge in [-0.05, 0) is 80.8 Å². The molecule has 0 bridgehead atoms. The molecule has 0 N–H and O–H groups in total. The van der Waals surface area contributed by atoms with Gasteiger partial charge < -0.3 is 14.3 Å². The van der Waals surface area contributed by atoms with E-state index >= 15 is 0 Å². The largest absolute Gasteiger partial charge is 0.496 e. The van der Waals surface area contributed by atoms with Crippen molar-refractivity contribution in [1.29, 1.82) is 0 Å². The molecule has 1 fully saturated rings. The van der Waals surface area contributed by atoms with E-state index in [0.29, 0.717) is 18.6 Å². The molecular weight excluding hydrogens is 448 g/mol. The quantitative estimate of drug-likeness (QED) is 0.161. The fourth-order valence-electron chi connectivity index (χ4n) is 5.66. The molecule has 1 aliphatic rings. The first kappa shape index (κ1) is 28.0. The molecule has 36 heavy (non-hydrogen) atoms. The summed E-state index contributed by atoms with van der Waals surface area (Å²) in [6.07, 6.45) is 13.3. The van der Waals surface area contributed by atoms with Crippen molar-refractivity contribution in [1.82, 2.24) is 0 Å². The Morgan fingerprint density at radius 3 is 1.81 bits per heavy atom. The molecular formula is C32H44O4. The summed E-state index contributed by atoms with van der Waals surface area (Å²) < 4.78 is 11.3. The van der Waals surface area contributed by atoms with Crippen molar-refractivity contribution in [2.24, 2.45) is 0 Å². The maximum absolute atomic E-state index is 12.5. The summed E-state index contributed by atoms with van der Waals surface area (Å²) >= 11 is 0. The molecule has 0 spiro atoms. The zero-order chi connectivity index (χ0) is 26.0. The van der Waals surface area contributed by atoms with Crippen molar-refractivity contribution in [3.63, 3.8) is 0 Å². The van der Waals surface area contributed by atoms with Crippen molar-refractivity contribution in [2.45, 2.75) is 110 Å². The summed E-state index contributed by atoms with van der Waals surface area (Å²) in [5.41, 5.74) is 4.84. The Hall–Kier alpha value is -2.62. The van der Waals surface area contributed by atoms with Crippen LogP contribution in [-0.4, -0.2) is 18.9 Å². The number of hydrogen-bond acceptors (Lipinski definition) is 4. The van der Waals surface area contributed by atoms with Crippen molar-refractivity contribution in [3.8, 4) is 11.5 Å². The summed E-state index contributed by atoms with van der Waals surface area (Å²) in [5, 5.41) is 0. The molecule has 4 nitrogen and oxygen atoms in total. The Morgan fingerprint density at radius 1 is 0.750 bits per heavy atom. The van der Waals surface area contributed by atoms with Crippen LogP contribution in [0.4, 0.5) is 0 Å². The van der Waals surface area contributed by atoms with Gasteiger partial charge in [0.1, 0.15) is 17.3 Å². The van der Waals surface area contributed by atoms with E-state index in [0.717, 1.165) is 62.7 Å². The van der Waals surface area contributed by atoms with Crippen LogP contribution in [0.3, 0.4) is 0 Å². The Bertz CT molecular complexity index is 1020. The van der Waals surface area contributed by atoms with E-state index in [4.69, 9.17) is 9.47 Å². The van der Waals surface area contributed by atoms with Gasteiger partial charge in [0, 0.05) is 18.3 Å². The van der Waals surface area contributed by atoms with E-state index in [9.17, 15) is 9.59 Å².